The number of carbonyl (C=O) groups excluding carboxylic acids is 1. The standard InChI is InChI=1S/C17H25N3O4S/c1-4-9-20(25(3,22)23)14-17(21)19-12-10-18(11-13-19)15-5-7-16(24-2)8-6-15/h4-8H,1,9-14H2,2-3H3. The maximum atomic E-state index is 12.4. The molecule has 0 bridgehead atoms. The van der Waals surface area contributed by atoms with Crippen LogP contribution in [-0.2, 0) is 14.8 Å². The molecule has 8 heteroatoms. The molecule has 1 amide bonds. The predicted octanol–water partition coefficient (Wildman–Crippen LogP) is 0.791. The first-order valence-electron chi connectivity index (χ1n) is 8.08. The van der Waals surface area contributed by atoms with E-state index in [-0.39, 0.29) is 19.0 Å². The van der Waals surface area contributed by atoms with E-state index in [4.69, 9.17) is 4.74 Å². The lowest BCUT2D eigenvalue weighted by Crippen LogP contribution is -2.51. The topological polar surface area (TPSA) is 70.2 Å². The number of anilines is 1. The summed E-state index contributed by atoms with van der Waals surface area (Å²) in [6.45, 7) is 6.08. The number of rotatable bonds is 7. The van der Waals surface area contributed by atoms with Crippen LogP contribution in [0.2, 0.25) is 0 Å². The minimum atomic E-state index is -3.43. The second kappa shape index (κ2) is 8.35. The lowest BCUT2D eigenvalue weighted by molar-refractivity contribution is -0.131. The molecular formula is C17H25N3O4S. The molecule has 1 fully saturated rings. The lowest BCUT2D eigenvalue weighted by Gasteiger charge is -2.36. The van der Waals surface area contributed by atoms with Gasteiger partial charge in [-0.05, 0) is 24.3 Å². The Labute approximate surface area is 149 Å². The van der Waals surface area contributed by atoms with E-state index in [0.29, 0.717) is 26.2 Å². The van der Waals surface area contributed by atoms with Gasteiger partial charge in [0.05, 0.1) is 19.9 Å². The summed E-state index contributed by atoms with van der Waals surface area (Å²) in [5.41, 5.74) is 1.08. The largest absolute Gasteiger partial charge is 0.497 e. The van der Waals surface area contributed by atoms with Crippen LogP contribution in [0.25, 0.3) is 0 Å². The molecule has 2 rings (SSSR count). The van der Waals surface area contributed by atoms with E-state index in [2.05, 4.69) is 11.5 Å². The van der Waals surface area contributed by atoms with Crippen molar-refractivity contribution in [3.05, 3.63) is 36.9 Å². The molecule has 25 heavy (non-hydrogen) atoms. The van der Waals surface area contributed by atoms with Crippen molar-refractivity contribution in [2.24, 2.45) is 0 Å². The number of carbonyl (C=O) groups is 1. The molecule has 1 heterocycles. The third kappa shape index (κ3) is 5.20. The SMILES string of the molecule is C=CCN(CC(=O)N1CCN(c2ccc(OC)cc2)CC1)S(C)(=O)=O. The highest BCUT2D eigenvalue weighted by atomic mass is 32.2. The van der Waals surface area contributed by atoms with E-state index >= 15 is 0 Å². The molecule has 0 spiro atoms. The van der Waals surface area contributed by atoms with Gasteiger partial charge in [0.1, 0.15) is 5.75 Å². The molecule has 0 N–H and O–H groups in total. The summed E-state index contributed by atoms with van der Waals surface area (Å²) in [6, 6.07) is 7.80. The quantitative estimate of drug-likeness (QED) is 0.667. The number of hydrogen-bond acceptors (Lipinski definition) is 5. The van der Waals surface area contributed by atoms with Gasteiger partial charge in [-0.2, -0.15) is 4.31 Å². The summed E-state index contributed by atoms with van der Waals surface area (Å²) in [5.74, 6) is 0.627. The third-order valence-corrected chi connectivity index (χ3v) is 5.40. The van der Waals surface area contributed by atoms with Crippen LogP contribution in [0.3, 0.4) is 0 Å². The van der Waals surface area contributed by atoms with Crippen LogP contribution in [0.1, 0.15) is 0 Å². The molecule has 7 nitrogen and oxygen atoms in total. The fourth-order valence-corrected chi connectivity index (χ4v) is 3.44. The van der Waals surface area contributed by atoms with E-state index in [0.717, 1.165) is 22.0 Å². The Hall–Kier alpha value is -2.06. The first kappa shape index (κ1) is 19.3. The van der Waals surface area contributed by atoms with Crippen LogP contribution >= 0.6 is 0 Å². The molecule has 0 aliphatic carbocycles. The number of amides is 1. The van der Waals surface area contributed by atoms with Crippen molar-refractivity contribution in [1.29, 1.82) is 0 Å². The van der Waals surface area contributed by atoms with Gasteiger partial charge in [0.2, 0.25) is 15.9 Å². The Morgan fingerprint density at radius 3 is 2.32 bits per heavy atom. The highest BCUT2D eigenvalue weighted by Gasteiger charge is 2.25. The van der Waals surface area contributed by atoms with Crippen molar-refractivity contribution in [3.8, 4) is 5.75 Å². The van der Waals surface area contributed by atoms with Gasteiger partial charge in [-0.15, -0.1) is 6.58 Å². The van der Waals surface area contributed by atoms with Gasteiger partial charge in [-0.25, -0.2) is 8.42 Å². The minimum absolute atomic E-state index is 0.135. The van der Waals surface area contributed by atoms with Crippen LogP contribution in [-0.4, -0.2) is 76.2 Å². The van der Waals surface area contributed by atoms with Crippen molar-refractivity contribution in [1.82, 2.24) is 9.21 Å². The first-order valence-corrected chi connectivity index (χ1v) is 9.92. The smallest absolute Gasteiger partial charge is 0.238 e. The number of sulfonamides is 1. The van der Waals surface area contributed by atoms with Gasteiger partial charge in [0.15, 0.2) is 0 Å². The Balaban J connectivity index is 1.92. The lowest BCUT2D eigenvalue weighted by atomic mass is 10.2. The fraction of sp³-hybridized carbons (Fsp3) is 0.471. The minimum Gasteiger partial charge on any atom is -0.497 e. The molecule has 0 saturated carbocycles. The maximum absolute atomic E-state index is 12.4. The van der Waals surface area contributed by atoms with Crippen LogP contribution in [0.4, 0.5) is 5.69 Å². The number of hydrogen-bond donors (Lipinski definition) is 0. The summed E-state index contributed by atoms with van der Waals surface area (Å²) < 4.78 is 29.7. The predicted molar refractivity (Wildman–Crippen MR) is 98.4 cm³/mol. The molecule has 1 saturated heterocycles. The van der Waals surface area contributed by atoms with E-state index in [1.165, 1.54) is 6.08 Å². The van der Waals surface area contributed by atoms with Gasteiger partial charge in [0, 0.05) is 38.4 Å². The summed E-state index contributed by atoms with van der Waals surface area (Å²) in [4.78, 5) is 16.3. The van der Waals surface area contributed by atoms with Gasteiger partial charge < -0.3 is 14.5 Å². The average Bonchev–Trinajstić information content (AvgIpc) is 2.60. The zero-order valence-electron chi connectivity index (χ0n) is 14.7. The Morgan fingerprint density at radius 2 is 1.84 bits per heavy atom. The maximum Gasteiger partial charge on any atom is 0.238 e. The van der Waals surface area contributed by atoms with E-state index < -0.39 is 10.0 Å². The number of ether oxygens (including phenoxy) is 1. The summed E-state index contributed by atoms with van der Waals surface area (Å²) in [6.07, 6.45) is 2.58. The van der Waals surface area contributed by atoms with E-state index in [1.807, 2.05) is 24.3 Å². The molecule has 1 aliphatic heterocycles. The highest BCUT2D eigenvalue weighted by molar-refractivity contribution is 7.88. The zero-order chi connectivity index (χ0) is 18.4. The second-order valence-corrected chi connectivity index (χ2v) is 7.89. The van der Waals surface area contributed by atoms with Crippen LogP contribution in [0.15, 0.2) is 36.9 Å². The van der Waals surface area contributed by atoms with Gasteiger partial charge in [-0.1, -0.05) is 6.08 Å². The van der Waals surface area contributed by atoms with Gasteiger partial charge in [0.25, 0.3) is 0 Å². The normalized spacial score (nSPS) is 15.3. The van der Waals surface area contributed by atoms with Crippen molar-refractivity contribution < 1.29 is 17.9 Å². The van der Waals surface area contributed by atoms with E-state index in [1.54, 1.807) is 12.0 Å². The molecule has 1 aromatic carbocycles. The average molecular weight is 367 g/mol. The molecule has 138 valence electrons. The fourth-order valence-electron chi connectivity index (χ4n) is 2.72. The van der Waals surface area contributed by atoms with Crippen molar-refractivity contribution in [3.63, 3.8) is 0 Å². The second-order valence-electron chi connectivity index (χ2n) is 5.91. The molecule has 1 aromatic rings. The highest BCUT2D eigenvalue weighted by Crippen LogP contribution is 2.20. The number of piperazine rings is 1. The molecule has 0 atom stereocenters. The van der Waals surface area contributed by atoms with Gasteiger partial charge in [-0.3, -0.25) is 4.79 Å². The zero-order valence-corrected chi connectivity index (χ0v) is 15.5. The molecule has 0 radical (unpaired) electrons. The Kier molecular flexibility index (Phi) is 6.44. The Bertz CT molecular complexity index is 695. The monoisotopic (exact) mass is 367 g/mol. The molecule has 0 aromatic heterocycles. The first-order chi connectivity index (χ1) is 11.8. The van der Waals surface area contributed by atoms with Gasteiger partial charge >= 0.3 is 0 Å². The number of methoxy groups -OCH3 is 1. The Morgan fingerprint density at radius 1 is 1.24 bits per heavy atom. The molecule has 1 aliphatic rings. The van der Waals surface area contributed by atoms with Crippen LogP contribution in [0.5, 0.6) is 5.75 Å². The number of benzene rings is 1. The van der Waals surface area contributed by atoms with E-state index in [9.17, 15) is 13.2 Å². The third-order valence-electron chi connectivity index (χ3n) is 4.18. The summed E-state index contributed by atoms with van der Waals surface area (Å²) in [7, 11) is -1.80. The summed E-state index contributed by atoms with van der Waals surface area (Å²) >= 11 is 0. The number of nitrogens with zero attached hydrogens (tertiary/aromatic N) is 3. The molecular weight excluding hydrogens is 342 g/mol. The van der Waals surface area contributed by atoms with Crippen molar-refractivity contribution >= 4 is 21.6 Å². The van der Waals surface area contributed by atoms with Crippen molar-refractivity contribution in [2.75, 3.05) is 57.5 Å². The van der Waals surface area contributed by atoms with Crippen molar-refractivity contribution in [2.45, 2.75) is 0 Å². The van der Waals surface area contributed by atoms with Crippen LogP contribution < -0.4 is 9.64 Å². The molecule has 0 unspecified atom stereocenters. The summed E-state index contributed by atoms with van der Waals surface area (Å²) in [5, 5.41) is 0. The van der Waals surface area contributed by atoms with Crippen LogP contribution in [0, 0.1) is 0 Å².